The maximum absolute atomic E-state index is 12.5. The van der Waals surface area contributed by atoms with E-state index in [0.29, 0.717) is 19.1 Å². The first-order valence-electron chi connectivity index (χ1n) is 5.54. The van der Waals surface area contributed by atoms with E-state index in [2.05, 4.69) is 5.10 Å². The molecule has 2 heterocycles. The van der Waals surface area contributed by atoms with Gasteiger partial charge in [0, 0.05) is 6.61 Å². The van der Waals surface area contributed by atoms with Crippen LogP contribution in [0.1, 0.15) is 31.2 Å². The molecule has 0 aliphatic carbocycles. The molecule has 1 saturated heterocycles. The topological polar surface area (TPSA) is 67.5 Å². The molecule has 2 rings (SSSR count). The summed E-state index contributed by atoms with van der Waals surface area (Å²) >= 11 is 0. The summed E-state index contributed by atoms with van der Waals surface area (Å²) in [5, 5.41) is 21.5. The Balaban J connectivity index is 2.34. The molecule has 1 aromatic rings. The van der Waals surface area contributed by atoms with E-state index in [-0.39, 0.29) is 5.59 Å². The van der Waals surface area contributed by atoms with E-state index >= 15 is 0 Å². The molecule has 100 valence electrons. The highest BCUT2D eigenvalue weighted by molar-refractivity contribution is 6.57. The highest BCUT2D eigenvalue weighted by Gasteiger charge is 2.37. The Morgan fingerprint density at radius 3 is 2.61 bits per heavy atom. The highest BCUT2D eigenvalue weighted by Crippen LogP contribution is 2.29. The first-order chi connectivity index (χ1) is 8.39. The smallest absolute Gasteiger partial charge is 0.422 e. The van der Waals surface area contributed by atoms with E-state index in [1.165, 1.54) is 0 Å². The molecule has 0 spiro atoms. The number of hydrogen-bond donors (Lipinski definition) is 2. The summed E-state index contributed by atoms with van der Waals surface area (Å²) in [6, 6.07) is 0.628. The van der Waals surface area contributed by atoms with Crippen molar-refractivity contribution in [3.05, 3.63) is 11.8 Å². The minimum atomic E-state index is -4.62. The summed E-state index contributed by atoms with van der Waals surface area (Å²) < 4.78 is 43.8. The SMILES string of the molecule is OB(O)c1cc(C(F)(F)F)nn1C1CCCCO1. The zero-order valence-corrected chi connectivity index (χ0v) is 9.39. The van der Waals surface area contributed by atoms with Gasteiger partial charge in [0.15, 0.2) is 5.69 Å². The molecule has 1 unspecified atom stereocenters. The Morgan fingerprint density at radius 2 is 2.11 bits per heavy atom. The predicted octanol–water partition coefficient (Wildman–Crippen LogP) is 0.281. The zero-order valence-electron chi connectivity index (χ0n) is 9.39. The molecule has 0 saturated carbocycles. The fourth-order valence-corrected chi connectivity index (χ4v) is 1.89. The van der Waals surface area contributed by atoms with E-state index in [4.69, 9.17) is 14.8 Å². The summed E-state index contributed by atoms with van der Waals surface area (Å²) in [7, 11) is -2.01. The number of rotatable bonds is 2. The molecule has 1 aliphatic rings. The molecule has 1 atom stereocenters. The summed E-state index contributed by atoms with van der Waals surface area (Å²) in [6.45, 7) is 0.423. The van der Waals surface area contributed by atoms with Crippen molar-refractivity contribution >= 4 is 12.7 Å². The van der Waals surface area contributed by atoms with E-state index in [9.17, 15) is 13.2 Å². The number of hydrogen-bond acceptors (Lipinski definition) is 4. The van der Waals surface area contributed by atoms with Gasteiger partial charge in [-0.25, -0.2) is 4.68 Å². The quantitative estimate of drug-likeness (QED) is 0.753. The van der Waals surface area contributed by atoms with Gasteiger partial charge < -0.3 is 14.8 Å². The van der Waals surface area contributed by atoms with Gasteiger partial charge in [-0.2, -0.15) is 18.3 Å². The molecule has 0 aromatic carbocycles. The van der Waals surface area contributed by atoms with E-state index < -0.39 is 25.2 Å². The van der Waals surface area contributed by atoms with Crippen LogP contribution >= 0.6 is 0 Å². The second-order valence-electron chi connectivity index (χ2n) is 4.09. The molecule has 1 aliphatic heterocycles. The van der Waals surface area contributed by atoms with Gasteiger partial charge in [0.05, 0.1) is 5.59 Å². The van der Waals surface area contributed by atoms with Gasteiger partial charge >= 0.3 is 13.3 Å². The van der Waals surface area contributed by atoms with Crippen molar-refractivity contribution in [3.8, 4) is 0 Å². The van der Waals surface area contributed by atoms with Crippen LogP contribution in [0.15, 0.2) is 6.07 Å². The lowest BCUT2D eigenvalue weighted by Crippen LogP contribution is -2.39. The summed E-state index contributed by atoms with van der Waals surface area (Å²) in [4.78, 5) is 0. The zero-order chi connectivity index (χ0) is 13.3. The Kier molecular flexibility index (Phi) is 3.65. The number of ether oxygens (including phenoxy) is 1. The van der Waals surface area contributed by atoms with Gasteiger partial charge in [-0.3, -0.25) is 0 Å². The summed E-state index contributed by atoms with van der Waals surface area (Å²) in [6.07, 6.45) is -3.16. The minimum Gasteiger partial charge on any atom is -0.422 e. The third kappa shape index (κ3) is 2.68. The lowest BCUT2D eigenvalue weighted by molar-refractivity contribution is -0.142. The van der Waals surface area contributed by atoms with Gasteiger partial charge in [0.1, 0.15) is 6.23 Å². The largest absolute Gasteiger partial charge is 0.507 e. The van der Waals surface area contributed by atoms with Crippen molar-refractivity contribution in [2.24, 2.45) is 0 Å². The van der Waals surface area contributed by atoms with Gasteiger partial charge in [-0.1, -0.05) is 0 Å². The number of nitrogens with zero attached hydrogens (tertiary/aromatic N) is 2. The third-order valence-electron chi connectivity index (χ3n) is 2.75. The number of halogens is 3. The molecular formula is C9H12BF3N2O3. The van der Waals surface area contributed by atoms with Crippen molar-refractivity contribution in [2.75, 3.05) is 6.61 Å². The second-order valence-corrected chi connectivity index (χ2v) is 4.09. The second kappa shape index (κ2) is 4.91. The molecule has 0 bridgehead atoms. The van der Waals surface area contributed by atoms with Crippen LogP contribution in [-0.2, 0) is 10.9 Å². The highest BCUT2D eigenvalue weighted by atomic mass is 19.4. The van der Waals surface area contributed by atoms with Crippen LogP contribution in [0.2, 0.25) is 0 Å². The standard InChI is InChI=1S/C9H12BF3N2O3/c11-9(12,13)6-5-7(10(16)17)15(14-6)8-3-1-2-4-18-8/h5,8,16-17H,1-4H2. The molecular weight excluding hydrogens is 252 g/mol. The van der Waals surface area contributed by atoms with Gasteiger partial charge in [-0.15, -0.1) is 0 Å². The monoisotopic (exact) mass is 264 g/mol. The lowest BCUT2D eigenvalue weighted by Gasteiger charge is -2.24. The maximum atomic E-state index is 12.5. The van der Waals surface area contributed by atoms with Gasteiger partial charge in [0.25, 0.3) is 0 Å². The summed E-state index contributed by atoms with van der Waals surface area (Å²) in [5.41, 5.74) is -1.46. The average molecular weight is 264 g/mol. The normalized spacial score (nSPS) is 21.1. The Hall–Kier alpha value is -1.06. The first kappa shape index (κ1) is 13.4. The Bertz CT molecular complexity index is 416. The van der Waals surface area contributed by atoms with Crippen molar-refractivity contribution < 1.29 is 28.0 Å². The van der Waals surface area contributed by atoms with Gasteiger partial charge in [-0.05, 0) is 25.3 Å². The van der Waals surface area contributed by atoms with Crippen molar-refractivity contribution in [1.29, 1.82) is 0 Å². The van der Waals surface area contributed by atoms with Crippen LogP contribution in [-0.4, -0.2) is 33.6 Å². The lowest BCUT2D eigenvalue weighted by atomic mass is 9.85. The van der Waals surface area contributed by atoms with Crippen LogP contribution < -0.4 is 5.59 Å². The fraction of sp³-hybridized carbons (Fsp3) is 0.667. The Morgan fingerprint density at radius 1 is 1.39 bits per heavy atom. The fourth-order valence-electron chi connectivity index (χ4n) is 1.89. The van der Waals surface area contributed by atoms with Crippen molar-refractivity contribution in [1.82, 2.24) is 9.78 Å². The van der Waals surface area contributed by atoms with E-state index in [1.807, 2.05) is 0 Å². The molecule has 18 heavy (non-hydrogen) atoms. The predicted molar refractivity (Wildman–Crippen MR) is 55.9 cm³/mol. The number of aromatic nitrogens is 2. The molecule has 1 fully saturated rings. The van der Waals surface area contributed by atoms with Crippen molar-refractivity contribution in [2.45, 2.75) is 31.7 Å². The van der Waals surface area contributed by atoms with Crippen LogP contribution in [0.4, 0.5) is 13.2 Å². The van der Waals surface area contributed by atoms with E-state index in [0.717, 1.165) is 17.5 Å². The Labute approximate surface area is 101 Å². The number of alkyl halides is 3. The first-order valence-corrected chi connectivity index (χ1v) is 5.54. The molecule has 0 amide bonds. The van der Waals surface area contributed by atoms with E-state index in [1.54, 1.807) is 0 Å². The molecule has 9 heteroatoms. The van der Waals surface area contributed by atoms with Gasteiger partial charge in [0.2, 0.25) is 0 Å². The van der Waals surface area contributed by atoms with Crippen LogP contribution in [0, 0.1) is 0 Å². The van der Waals surface area contributed by atoms with Crippen molar-refractivity contribution in [3.63, 3.8) is 0 Å². The van der Waals surface area contributed by atoms with Crippen LogP contribution in [0.5, 0.6) is 0 Å². The molecule has 5 nitrogen and oxygen atoms in total. The average Bonchev–Trinajstić information content (AvgIpc) is 2.74. The molecule has 1 aromatic heterocycles. The third-order valence-corrected chi connectivity index (χ3v) is 2.75. The maximum Gasteiger partial charge on any atom is 0.507 e. The van der Waals surface area contributed by atoms with Crippen LogP contribution in [0.3, 0.4) is 0 Å². The minimum absolute atomic E-state index is 0.311. The summed E-state index contributed by atoms with van der Waals surface area (Å²) in [5.74, 6) is 0. The van der Waals surface area contributed by atoms with Crippen LogP contribution in [0.25, 0.3) is 0 Å². The molecule has 0 radical (unpaired) electrons. The molecule has 2 N–H and O–H groups in total.